The molecule has 0 atom stereocenters. The molecule has 1 aromatic heterocycles. The summed E-state index contributed by atoms with van der Waals surface area (Å²) in [6.07, 6.45) is 3.03. The Labute approximate surface area is 150 Å². The molecule has 0 aliphatic carbocycles. The molecule has 1 saturated heterocycles. The van der Waals surface area contributed by atoms with Gasteiger partial charge in [0.25, 0.3) is 0 Å². The summed E-state index contributed by atoms with van der Waals surface area (Å²) in [5, 5.41) is 2.96. The molecule has 11 heteroatoms. The standard InChI is InChI=1S/C15H22F3N5O2S/c16-15(17,18)26(24,25)23-9-5-12(6-10-23)11-22-14(19)21-8-4-13-3-1-2-7-20-13/h1-3,7,12H,4-6,8-11H2,(H3,19,21,22). The van der Waals surface area contributed by atoms with E-state index in [-0.39, 0.29) is 25.0 Å². The number of aliphatic imine (C=N–C) groups is 1. The zero-order chi connectivity index (χ0) is 19.2. The minimum absolute atomic E-state index is 0.00539. The van der Waals surface area contributed by atoms with Crippen molar-refractivity contribution < 1.29 is 21.6 Å². The third-order valence-electron chi connectivity index (χ3n) is 4.14. The van der Waals surface area contributed by atoms with Gasteiger partial charge < -0.3 is 11.1 Å². The van der Waals surface area contributed by atoms with Crippen molar-refractivity contribution in [2.24, 2.45) is 16.6 Å². The molecule has 146 valence electrons. The number of nitrogens with one attached hydrogen (secondary N) is 1. The Morgan fingerprint density at radius 2 is 2.04 bits per heavy atom. The number of guanidine groups is 1. The van der Waals surface area contributed by atoms with Crippen molar-refractivity contribution in [3.63, 3.8) is 0 Å². The fourth-order valence-electron chi connectivity index (χ4n) is 2.63. The number of aromatic nitrogens is 1. The van der Waals surface area contributed by atoms with E-state index < -0.39 is 15.5 Å². The van der Waals surface area contributed by atoms with Crippen LogP contribution in [0.25, 0.3) is 0 Å². The van der Waals surface area contributed by atoms with Gasteiger partial charge in [0.2, 0.25) is 0 Å². The molecule has 1 aliphatic rings. The second kappa shape index (κ2) is 8.67. The molecule has 3 N–H and O–H groups in total. The van der Waals surface area contributed by atoms with Crippen LogP contribution in [-0.4, -0.2) is 55.4 Å². The van der Waals surface area contributed by atoms with E-state index in [4.69, 9.17) is 5.73 Å². The predicted molar refractivity (Wildman–Crippen MR) is 91.7 cm³/mol. The molecule has 0 bridgehead atoms. The fourth-order valence-corrected chi connectivity index (χ4v) is 3.61. The lowest BCUT2D eigenvalue weighted by Gasteiger charge is -2.30. The minimum atomic E-state index is -5.25. The van der Waals surface area contributed by atoms with E-state index in [9.17, 15) is 21.6 Å². The van der Waals surface area contributed by atoms with E-state index in [1.807, 2.05) is 18.2 Å². The van der Waals surface area contributed by atoms with E-state index in [1.165, 1.54) is 0 Å². The molecule has 0 unspecified atom stereocenters. The Morgan fingerprint density at radius 3 is 2.62 bits per heavy atom. The molecule has 0 spiro atoms. The number of hydrogen-bond acceptors (Lipinski definition) is 4. The summed E-state index contributed by atoms with van der Waals surface area (Å²) in [5.74, 6) is 0.261. The monoisotopic (exact) mass is 393 g/mol. The van der Waals surface area contributed by atoms with Crippen molar-refractivity contribution in [1.82, 2.24) is 14.6 Å². The maximum atomic E-state index is 12.5. The first-order valence-corrected chi connectivity index (χ1v) is 9.64. The van der Waals surface area contributed by atoms with E-state index in [2.05, 4.69) is 15.3 Å². The fraction of sp³-hybridized carbons (Fsp3) is 0.600. The molecule has 1 aliphatic heterocycles. The highest BCUT2D eigenvalue weighted by atomic mass is 32.2. The molecular formula is C15H22F3N5O2S. The van der Waals surface area contributed by atoms with Gasteiger partial charge in [-0.2, -0.15) is 17.5 Å². The number of sulfonamides is 1. The van der Waals surface area contributed by atoms with Crippen LogP contribution in [0.3, 0.4) is 0 Å². The van der Waals surface area contributed by atoms with Crippen LogP contribution < -0.4 is 11.1 Å². The smallest absolute Gasteiger partial charge is 0.370 e. The van der Waals surface area contributed by atoms with Crippen molar-refractivity contribution >= 4 is 16.0 Å². The Morgan fingerprint density at radius 1 is 1.35 bits per heavy atom. The lowest BCUT2D eigenvalue weighted by Crippen LogP contribution is -2.45. The van der Waals surface area contributed by atoms with Crippen molar-refractivity contribution in [2.45, 2.75) is 24.8 Å². The first kappa shape index (κ1) is 20.4. The molecule has 0 radical (unpaired) electrons. The van der Waals surface area contributed by atoms with Crippen LogP contribution in [0.1, 0.15) is 18.5 Å². The number of halogens is 3. The third-order valence-corrected chi connectivity index (χ3v) is 5.77. The zero-order valence-corrected chi connectivity index (χ0v) is 14.9. The molecule has 0 saturated carbocycles. The van der Waals surface area contributed by atoms with Gasteiger partial charge in [-0.25, -0.2) is 8.42 Å². The van der Waals surface area contributed by atoms with Crippen LogP contribution in [-0.2, 0) is 16.4 Å². The second-order valence-corrected chi connectivity index (χ2v) is 7.95. The van der Waals surface area contributed by atoms with Gasteiger partial charge >= 0.3 is 15.5 Å². The highest BCUT2D eigenvalue weighted by Crippen LogP contribution is 2.30. The Kier molecular flexibility index (Phi) is 6.81. The average molecular weight is 393 g/mol. The maximum absolute atomic E-state index is 12.5. The summed E-state index contributed by atoms with van der Waals surface area (Å²) < 4.78 is 60.8. The first-order valence-electron chi connectivity index (χ1n) is 8.20. The molecule has 26 heavy (non-hydrogen) atoms. The average Bonchev–Trinajstić information content (AvgIpc) is 2.60. The quantitative estimate of drug-likeness (QED) is 0.557. The molecule has 7 nitrogen and oxygen atoms in total. The Hall–Kier alpha value is -1.88. The Bertz CT molecular complexity index is 702. The second-order valence-electron chi connectivity index (χ2n) is 6.02. The third kappa shape index (κ3) is 5.56. The van der Waals surface area contributed by atoms with Gasteiger partial charge in [0.1, 0.15) is 0 Å². The number of pyridine rings is 1. The highest BCUT2D eigenvalue weighted by Gasteiger charge is 2.50. The van der Waals surface area contributed by atoms with Crippen molar-refractivity contribution in [3.8, 4) is 0 Å². The van der Waals surface area contributed by atoms with Gasteiger partial charge in [-0.1, -0.05) is 6.07 Å². The molecule has 0 aromatic carbocycles. The van der Waals surface area contributed by atoms with E-state index >= 15 is 0 Å². The van der Waals surface area contributed by atoms with Crippen molar-refractivity contribution in [1.29, 1.82) is 0 Å². The van der Waals surface area contributed by atoms with Crippen molar-refractivity contribution in [2.75, 3.05) is 26.2 Å². The lowest BCUT2D eigenvalue weighted by atomic mass is 9.98. The Balaban J connectivity index is 1.72. The normalized spacial score (nSPS) is 18.0. The van der Waals surface area contributed by atoms with Crippen LogP contribution >= 0.6 is 0 Å². The van der Waals surface area contributed by atoms with Gasteiger partial charge in [-0.3, -0.25) is 9.98 Å². The molecule has 2 rings (SSSR count). The highest BCUT2D eigenvalue weighted by molar-refractivity contribution is 7.90. The molecule has 1 aromatic rings. The lowest BCUT2D eigenvalue weighted by molar-refractivity contribution is -0.0496. The topological polar surface area (TPSA) is 101 Å². The summed E-state index contributed by atoms with van der Waals surface area (Å²) in [7, 11) is -5.24. The maximum Gasteiger partial charge on any atom is 0.511 e. The summed E-state index contributed by atoms with van der Waals surface area (Å²) in [6, 6.07) is 5.63. The molecule has 2 heterocycles. The van der Waals surface area contributed by atoms with Gasteiger partial charge in [-0.05, 0) is 30.9 Å². The van der Waals surface area contributed by atoms with Crippen LogP contribution in [0, 0.1) is 5.92 Å². The van der Waals surface area contributed by atoms with E-state index in [1.54, 1.807) is 6.20 Å². The molecule has 0 amide bonds. The van der Waals surface area contributed by atoms with Crippen LogP contribution in [0.5, 0.6) is 0 Å². The number of hydrogen-bond donors (Lipinski definition) is 2. The van der Waals surface area contributed by atoms with Crippen LogP contribution in [0.15, 0.2) is 29.4 Å². The first-order chi connectivity index (χ1) is 12.2. The van der Waals surface area contributed by atoms with Gasteiger partial charge in [0, 0.05) is 44.5 Å². The van der Waals surface area contributed by atoms with Crippen LogP contribution in [0.2, 0.25) is 0 Å². The predicted octanol–water partition coefficient (Wildman–Crippen LogP) is 1.09. The zero-order valence-electron chi connectivity index (χ0n) is 14.1. The number of nitrogens with two attached hydrogens (primary N) is 1. The van der Waals surface area contributed by atoms with Gasteiger partial charge in [0.15, 0.2) is 5.96 Å². The number of piperidine rings is 1. The summed E-state index contributed by atoms with van der Waals surface area (Å²) in [5.41, 5.74) is 1.44. The number of alkyl halides is 3. The number of nitrogens with zero attached hydrogens (tertiary/aromatic N) is 3. The summed E-state index contributed by atoms with van der Waals surface area (Å²) in [4.78, 5) is 8.37. The molecular weight excluding hydrogens is 371 g/mol. The van der Waals surface area contributed by atoms with E-state index in [0.29, 0.717) is 36.7 Å². The van der Waals surface area contributed by atoms with E-state index in [0.717, 1.165) is 5.69 Å². The van der Waals surface area contributed by atoms with Crippen molar-refractivity contribution in [3.05, 3.63) is 30.1 Å². The van der Waals surface area contributed by atoms with Gasteiger partial charge in [0.05, 0.1) is 0 Å². The minimum Gasteiger partial charge on any atom is -0.370 e. The largest absolute Gasteiger partial charge is 0.511 e. The summed E-state index contributed by atoms with van der Waals surface area (Å²) in [6.45, 7) is 0.598. The van der Waals surface area contributed by atoms with Crippen LogP contribution in [0.4, 0.5) is 13.2 Å². The van der Waals surface area contributed by atoms with Gasteiger partial charge in [-0.15, -0.1) is 0 Å². The summed E-state index contributed by atoms with van der Waals surface area (Å²) >= 11 is 0. The molecule has 1 fully saturated rings. The number of rotatable bonds is 6. The SMILES string of the molecule is NC(=NCC1CCN(S(=O)(=O)C(F)(F)F)CC1)NCCc1ccccn1.